The number of rotatable bonds is 2. The highest BCUT2D eigenvalue weighted by Crippen LogP contribution is 2.41. The van der Waals surface area contributed by atoms with Gasteiger partial charge in [-0.25, -0.2) is 4.39 Å². The van der Waals surface area contributed by atoms with Gasteiger partial charge in [-0.2, -0.15) is 0 Å². The summed E-state index contributed by atoms with van der Waals surface area (Å²) in [4.78, 5) is 1.37. The van der Waals surface area contributed by atoms with Crippen LogP contribution in [0.1, 0.15) is 22.9 Å². The van der Waals surface area contributed by atoms with Crippen molar-refractivity contribution in [2.75, 3.05) is 5.32 Å². The zero-order valence-electron chi connectivity index (χ0n) is 9.34. The van der Waals surface area contributed by atoms with Gasteiger partial charge in [0.1, 0.15) is 5.82 Å². The smallest absolute Gasteiger partial charge is 0.124 e. The molecule has 1 unspecified atom stereocenters. The molecule has 2 aromatic rings. The number of benzene rings is 1. The van der Waals surface area contributed by atoms with E-state index in [2.05, 4.69) is 27.9 Å². The first-order valence-corrected chi connectivity index (χ1v) is 7.90. The average Bonchev–Trinajstić information content (AvgIpc) is 2.83. The third-order valence-corrected chi connectivity index (χ3v) is 5.34. The number of nitrogens with one attached hydrogen (secondary N) is 1. The largest absolute Gasteiger partial charge is 0.377 e. The van der Waals surface area contributed by atoms with Gasteiger partial charge in [0.25, 0.3) is 0 Å². The predicted molar refractivity (Wildman–Crippen MR) is 83.1 cm³/mol. The Morgan fingerprint density at radius 1 is 1.39 bits per heavy atom. The van der Waals surface area contributed by atoms with E-state index >= 15 is 0 Å². The maximum atomic E-state index is 13.1. The number of fused-ring (bicyclic) bond motifs is 1. The Hall–Kier alpha value is -0.330. The van der Waals surface area contributed by atoms with E-state index in [-0.39, 0.29) is 5.82 Å². The van der Waals surface area contributed by atoms with Gasteiger partial charge in [-0.15, -0.1) is 11.3 Å². The van der Waals surface area contributed by atoms with Crippen molar-refractivity contribution in [2.24, 2.45) is 0 Å². The molecule has 1 atom stereocenters. The van der Waals surface area contributed by atoms with Crippen LogP contribution in [0, 0.1) is 9.39 Å². The van der Waals surface area contributed by atoms with Crippen LogP contribution in [0.25, 0.3) is 0 Å². The van der Waals surface area contributed by atoms with Gasteiger partial charge in [0.15, 0.2) is 0 Å². The summed E-state index contributed by atoms with van der Waals surface area (Å²) in [5.41, 5.74) is 2.28. The normalized spacial score (nSPS) is 17.8. The molecule has 1 aromatic carbocycles. The Morgan fingerprint density at radius 3 is 3.00 bits per heavy atom. The summed E-state index contributed by atoms with van der Waals surface area (Å²) in [7, 11) is 0. The molecule has 1 N–H and O–H groups in total. The maximum absolute atomic E-state index is 13.1. The van der Waals surface area contributed by atoms with Crippen molar-refractivity contribution in [3.63, 3.8) is 0 Å². The quantitative estimate of drug-likeness (QED) is 0.688. The summed E-state index contributed by atoms with van der Waals surface area (Å²) in [6, 6.07) is 7.16. The van der Waals surface area contributed by atoms with Gasteiger partial charge in [0.05, 0.1) is 10.4 Å². The lowest BCUT2D eigenvalue weighted by Crippen LogP contribution is -2.07. The summed E-state index contributed by atoms with van der Waals surface area (Å²) in [6.07, 6.45) is 2.15. The summed E-state index contributed by atoms with van der Waals surface area (Å²) >= 11 is 9.85. The summed E-state index contributed by atoms with van der Waals surface area (Å²) < 4.78 is 14.8. The van der Waals surface area contributed by atoms with Gasteiger partial charge in [0, 0.05) is 14.1 Å². The molecule has 1 aliphatic rings. The van der Waals surface area contributed by atoms with Crippen LogP contribution < -0.4 is 5.32 Å². The number of hydrogen-bond donors (Lipinski definition) is 1. The average molecular weight is 394 g/mol. The molecule has 3 rings (SSSR count). The van der Waals surface area contributed by atoms with E-state index in [1.165, 1.54) is 16.5 Å². The van der Waals surface area contributed by atoms with E-state index < -0.39 is 0 Å². The molecule has 1 aliphatic carbocycles. The van der Waals surface area contributed by atoms with Crippen LogP contribution in [0.15, 0.2) is 24.3 Å². The molecule has 0 saturated carbocycles. The van der Waals surface area contributed by atoms with E-state index in [4.69, 9.17) is 11.6 Å². The van der Waals surface area contributed by atoms with E-state index in [0.29, 0.717) is 6.04 Å². The van der Waals surface area contributed by atoms with Gasteiger partial charge in [-0.3, -0.25) is 0 Å². The van der Waals surface area contributed by atoms with Crippen molar-refractivity contribution in [3.8, 4) is 0 Å². The molecule has 1 heterocycles. The highest BCUT2D eigenvalue weighted by molar-refractivity contribution is 14.1. The van der Waals surface area contributed by atoms with Gasteiger partial charge in [0.2, 0.25) is 0 Å². The van der Waals surface area contributed by atoms with E-state index in [9.17, 15) is 4.39 Å². The van der Waals surface area contributed by atoms with E-state index in [1.807, 2.05) is 6.07 Å². The standard InChI is InChI=1S/C13H10ClFINS/c14-13-6-8-10(3-4-12(8)18-13)17-11-2-1-7(15)5-9(11)16/h1-2,5-6,10,17H,3-4H2. The van der Waals surface area contributed by atoms with Crippen molar-refractivity contribution in [1.82, 2.24) is 0 Å². The first kappa shape index (κ1) is 12.7. The van der Waals surface area contributed by atoms with Crippen LogP contribution in [0.2, 0.25) is 4.34 Å². The van der Waals surface area contributed by atoms with Crippen molar-refractivity contribution >= 4 is 51.2 Å². The zero-order chi connectivity index (χ0) is 12.7. The second-order valence-electron chi connectivity index (χ2n) is 4.29. The van der Waals surface area contributed by atoms with Gasteiger partial charge < -0.3 is 5.32 Å². The molecule has 0 fully saturated rings. The van der Waals surface area contributed by atoms with Crippen LogP contribution in [0.4, 0.5) is 10.1 Å². The van der Waals surface area contributed by atoms with Crippen LogP contribution in [0.3, 0.4) is 0 Å². The minimum Gasteiger partial charge on any atom is -0.377 e. The SMILES string of the molecule is Fc1ccc(NC2CCc3sc(Cl)cc32)c(I)c1. The molecule has 18 heavy (non-hydrogen) atoms. The maximum Gasteiger partial charge on any atom is 0.124 e. The lowest BCUT2D eigenvalue weighted by atomic mass is 10.1. The Kier molecular flexibility index (Phi) is 3.51. The molecule has 0 spiro atoms. The molecule has 0 bridgehead atoms. The monoisotopic (exact) mass is 393 g/mol. The van der Waals surface area contributed by atoms with Crippen LogP contribution in [0.5, 0.6) is 0 Å². The molecule has 5 heteroatoms. The number of halogens is 3. The minimum atomic E-state index is -0.198. The molecule has 0 saturated heterocycles. The summed E-state index contributed by atoms with van der Waals surface area (Å²) in [5, 5.41) is 3.48. The number of anilines is 1. The lowest BCUT2D eigenvalue weighted by Gasteiger charge is -2.15. The molecule has 1 aromatic heterocycles. The number of hydrogen-bond acceptors (Lipinski definition) is 2. The third-order valence-electron chi connectivity index (χ3n) is 3.11. The second-order valence-corrected chi connectivity index (χ2v) is 7.22. The predicted octanol–water partition coefficient (Wildman–Crippen LogP) is 5.24. The summed E-state index contributed by atoms with van der Waals surface area (Å²) in [5.74, 6) is -0.198. The highest BCUT2D eigenvalue weighted by atomic mass is 127. The summed E-state index contributed by atoms with van der Waals surface area (Å²) in [6.45, 7) is 0. The molecular weight excluding hydrogens is 384 g/mol. The second kappa shape index (κ2) is 4.98. The molecule has 0 radical (unpaired) electrons. The van der Waals surface area contributed by atoms with Crippen molar-refractivity contribution in [3.05, 3.63) is 48.4 Å². The van der Waals surface area contributed by atoms with Gasteiger partial charge in [-0.05, 0) is 65.3 Å². The van der Waals surface area contributed by atoms with E-state index in [1.54, 1.807) is 23.5 Å². The minimum absolute atomic E-state index is 0.198. The fraction of sp³-hybridized carbons (Fsp3) is 0.231. The van der Waals surface area contributed by atoms with Crippen LogP contribution in [-0.2, 0) is 6.42 Å². The fourth-order valence-electron chi connectivity index (χ4n) is 2.27. The topological polar surface area (TPSA) is 12.0 Å². The third kappa shape index (κ3) is 2.38. The molecular formula is C13H10ClFINS. The highest BCUT2D eigenvalue weighted by Gasteiger charge is 2.25. The Balaban J connectivity index is 1.85. The Morgan fingerprint density at radius 2 is 2.22 bits per heavy atom. The van der Waals surface area contributed by atoms with Gasteiger partial charge in [-0.1, -0.05) is 11.6 Å². The molecule has 0 amide bonds. The molecule has 0 aliphatic heterocycles. The van der Waals surface area contributed by atoms with Crippen molar-refractivity contribution < 1.29 is 4.39 Å². The number of thiophene rings is 1. The van der Waals surface area contributed by atoms with Crippen LogP contribution in [-0.4, -0.2) is 0 Å². The fourth-order valence-corrected chi connectivity index (χ4v) is 4.26. The molecule has 94 valence electrons. The Labute approximate surface area is 127 Å². The lowest BCUT2D eigenvalue weighted by molar-refractivity contribution is 0.626. The van der Waals surface area contributed by atoms with Crippen molar-refractivity contribution in [2.45, 2.75) is 18.9 Å². The number of aryl methyl sites for hydroxylation is 1. The zero-order valence-corrected chi connectivity index (χ0v) is 13.1. The van der Waals surface area contributed by atoms with E-state index in [0.717, 1.165) is 26.4 Å². The van der Waals surface area contributed by atoms with Gasteiger partial charge >= 0.3 is 0 Å². The first-order chi connectivity index (χ1) is 8.63. The molecule has 1 nitrogen and oxygen atoms in total. The van der Waals surface area contributed by atoms with Crippen molar-refractivity contribution in [1.29, 1.82) is 0 Å². The first-order valence-electron chi connectivity index (χ1n) is 5.63. The Bertz CT molecular complexity index is 599. The van der Waals surface area contributed by atoms with Crippen LogP contribution >= 0.6 is 45.5 Å².